The van der Waals surface area contributed by atoms with E-state index in [0.717, 1.165) is 31.6 Å². The van der Waals surface area contributed by atoms with Crippen molar-refractivity contribution in [3.05, 3.63) is 24.3 Å². The third-order valence-corrected chi connectivity index (χ3v) is 4.46. The van der Waals surface area contributed by atoms with Crippen molar-refractivity contribution in [3.8, 4) is 0 Å². The lowest BCUT2D eigenvalue weighted by Crippen LogP contribution is -2.10. The summed E-state index contributed by atoms with van der Waals surface area (Å²) in [4.78, 5) is 11.0. The van der Waals surface area contributed by atoms with Gasteiger partial charge in [-0.25, -0.2) is 0 Å². The maximum Gasteiger partial charge on any atom is 0.306 e. The van der Waals surface area contributed by atoms with Crippen LogP contribution in [0.1, 0.15) is 140 Å². The van der Waals surface area contributed by atoms with Crippen molar-refractivity contribution in [1.29, 1.82) is 0 Å². The van der Waals surface area contributed by atoms with Gasteiger partial charge in [0, 0.05) is 6.42 Å². The van der Waals surface area contributed by atoms with Crippen molar-refractivity contribution < 1.29 is 14.6 Å². The predicted octanol–water partition coefficient (Wildman–Crippen LogP) is 9.44. The van der Waals surface area contributed by atoms with Crippen molar-refractivity contribution >= 4 is 5.97 Å². The SMILES string of the molecule is C/C=C\CCCC(=O)OC(C)C.CC.CC.CC.CCCCC[C@H](O)/C=C/C1CCCC1. The minimum Gasteiger partial charge on any atom is -0.463 e. The van der Waals surface area contributed by atoms with Crippen LogP contribution < -0.4 is 0 Å². The number of allylic oxidation sites excluding steroid dienone is 3. The molecule has 0 spiro atoms. The average Bonchev–Trinajstić information content (AvgIpc) is 3.33. The van der Waals surface area contributed by atoms with Crippen LogP contribution in [0.4, 0.5) is 0 Å². The van der Waals surface area contributed by atoms with E-state index in [1.807, 2.05) is 74.5 Å². The zero-order valence-electron chi connectivity index (χ0n) is 23.6. The molecule has 1 saturated carbocycles. The minimum atomic E-state index is -0.192. The number of rotatable bonds is 11. The fourth-order valence-electron chi connectivity index (χ4n) is 2.99. The normalized spacial score (nSPS) is 13.8. The summed E-state index contributed by atoms with van der Waals surface area (Å²) in [6, 6.07) is 0. The lowest BCUT2D eigenvalue weighted by molar-refractivity contribution is -0.147. The van der Waals surface area contributed by atoms with E-state index in [1.54, 1.807) is 0 Å². The van der Waals surface area contributed by atoms with E-state index in [9.17, 15) is 9.90 Å². The molecule has 0 bridgehead atoms. The Morgan fingerprint density at radius 1 is 1.00 bits per heavy atom. The van der Waals surface area contributed by atoms with E-state index in [0.29, 0.717) is 6.42 Å². The zero-order chi connectivity index (χ0) is 25.6. The minimum absolute atomic E-state index is 0.0132. The number of aliphatic hydroxyl groups excluding tert-OH is 1. The first-order valence-corrected chi connectivity index (χ1v) is 13.7. The molecule has 1 N–H and O–H groups in total. The van der Waals surface area contributed by atoms with Gasteiger partial charge in [0.15, 0.2) is 0 Å². The second-order valence-electron chi connectivity index (χ2n) is 7.49. The van der Waals surface area contributed by atoms with Gasteiger partial charge in [-0.05, 0) is 58.8 Å². The summed E-state index contributed by atoms with van der Waals surface area (Å²) in [6.45, 7) is 19.9. The van der Waals surface area contributed by atoms with Crippen molar-refractivity contribution in [2.75, 3.05) is 0 Å². The number of hydrogen-bond donors (Lipinski definition) is 1. The highest BCUT2D eigenvalue weighted by molar-refractivity contribution is 5.69. The molecule has 0 radical (unpaired) electrons. The Kier molecular flexibility index (Phi) is 41.2. The van der Waals surface area contributed by atoms with E-state index in [-0.39, 0.29) is 18.2 Å². The smallest absolute Gasteiger partial charge is 0.306 e. The molecule has 1 atom stereocenters. The van der Waals surface area contributed by atoms with E-state index in [1.165, 1.54) is 38.5 Å². The molecule has 1 fully saturated rings. The number of ether oxygens (including phenoxy) is 1. The molecule has 0 amide bonds. The molecule has 0 aromatic carbocycles. The van der Waals surface area contributed by atoms with Crippen molar-refractivity contribution in [2.24, 2.45) is 5.92 Å². The highest BCUT2D eigenvalue weighted by atomic mass is 16.5. The Morgan fingerprint density at radius 2 is 1.56 bits per heavy atom. The van der Waals surface area contributed by atoms with E-state index < -0.39 is 0 Å². The Morgan fingerprint density at radius 3 is 2.03 bits per heavy atom. The van der Waals surface area contributed by atoms with E-state index in [2.05, 4.69) is 19.1 Å². The lowest BCUT2D eigenvalue weighted by atomic mass is 10.1. The molecule has 1 aliphatic rings. The van der Waals surface area contributed by atoms with Gasteiger partial charge in [0.25, 0.3) is 0 Å². The molecule has 1 aliphatic carbocycles. The van der Waals surface area contributed by atoms with Gasteiger partial charge in [-0.15, -0.1) is 0 Å². The Labute approximate surface area is 203 Å². The van der Waals surface area contributed by atoms with Gasteiger partial charge in [-0.1, -0.05) is 105 Å². The lowest BCUT2D eigenvalue weighted by Gasteiger charge is -2.06. The Balaban J connectivity index is -0.000000200. The summed E-state index contributed by atoms with van der Waals surface area (Å²) < 4.78 is 4.97. The summed E-state index contributed by atoms with van der Waals surface area (Å²) in [6.07, 6.45) is 20.5. The Bertz CT molecular complexity index is 380. The monoisotopic (exact) mass is 456 g/mol. The largest absolute Gasteiger partial charge is 0.463 e. The van der Waals surface area contributed by atoms with Crippen LogP contribution in [0, 0.1) is 5.92 Å². The number of carbonyl (C=O) groups excluding carboxylic acids is 1. The van der Waals surface area contributed by atoms with Gasteiger partial charge < -0.3 is 9.84 Å². The summed E-state index contributed by atoms with van der Waals surface area (Å²) in [5.41, 5.74) is 0. The first-order valence-electron chi connectivity index (χ1n) is 13.7. The number of carbonyl (C=O) groups is 1. The van der Waals surface area contributed by atoms with Gasteiger partial charge >= 0.3 is 5.97 Å². The molecule has 0 unspecified atom stereocenters. The van der Waals surface area contributed by atoms with Crippen molar-refractivity contribution in [3.63, 3.8) is 0 Å². The zero-order valence-corrected chi connectivity index (χ0v) is 23.6. The second-order valence-corrected chi connectivity index (χ2v) is 7.49. The molecule has 0 saturated heterocycles. The van der Waals surface area contributed by atoms with Crippen molar-refractivity contribution in [1.82, 2.24) is 0 Å². The molecule has 0 aromatic rings. The molecule has 0 aromatic heterocycles. The van der Waals surface area contributed by atoms with E-state index in [4.69, 9.17) is 4.74 Å². The molecule has 1 rings (SSSR count). The van der Waals surface area contributed by atoms with Gasteiger partial charge in [0.05, 0.1) is 12.2 Å². The fraction of sp³-hybridized carbons (Fsp3) is 0.828. The van der Waals surface area contributed by atoms with Crippen LogP contribution in [0.3, 0.4) is 0 Å². The van der Waals surface area contributed by atoms with Gasteiger partial charge in [0.2, 0.25) is 0 Å². The second kappa shape index (κ2) is 34.5. The maximum atomic E-state index is 11.0. The quantitative estimate of drug-likeness (QED) is 0.191. The molecule has 3 nitrogen and oxygen atoms in total. The maximum absolute atomic E-state index is 11.0. The van der Waals surface area contributed by atoms with Crippen LogP contribution in [0.25, 0.3) is 0 Å². The number of esters is 1. The molecule has 0 aliphatic heterocycles. The van der Waals surface area contributed by atoms with Gasteiger partial charge in [0.1, 0.15) is 0 Å². The van der Waals surface area contributed by atoms with Crippen LogP contribution >= 0.6 is 0 Å². The average molecular weight is 457 g/mol. The summed E-state index contributed by atoms with van der Waals surface area (Å²) in [5.74, 6) is 0.672. The summed E-state index contributed by atoms with van der Waals surface area (Å²) >= 11 is 0. The third-order valence-electron chi connectivity index (χ3n) is 4.46. The first-order chi connectivity index (χ1) is 15.5. The van der Waals surface area contributed by atoms with Crippen LogP contribution in [0.2, 0.25) is 0 Å². The van der Waals surface area contributed by atoms with Crippen molar-refractivity contribution in [2.45, 2.75) is 152 Å². The number of unbranched alkanes of at least 4 members (excludes halogenated alkanes) is 3. The highest BCUT2D eigenvalue weighted by Crippen LogP contribution is 2.25. The highest BCUT2D eigenvalue weighted by Gasteiger charge is 2.11. The number of hydrogen-bond acceptors (Lipinski definition) is 3. The molecular weight excluding hydrogens is 396 g/mol. The standard InChI is InChI=1S/C13H24O.C10H18O2.3C2H6/c1-2-3-4-9-13(14)11-10-12-7-5-6-8-12;1-4-5-6-7-8-10(11)12-9(2)3;3*1-2/h10-14H,2-9H2,1H3;4-5,9H,6-8H2,1-3H3;3*1-2H3/b11-10+;5-4-;;;/t13-;;;;/m0..../s1. The number of aliphatic hydroxyl groups is 1. The van der Waals surface area contributed by atoms with Gasteiger partial charge in [-0.3, -0.25) is 4.79 Å². The topological polar surface area (TPSA) is 46.5 Å². The summed E-state index contributed by atoms with van der Waals surface area (Å²) in [7, 11) is 0. The molecule has 3 heteroatoms. The summed E-state index contributed by atoms with van der Waals surface area (Å²) in [5, 5.41) is 9.65. The van der Waals surface area contributed by atoms with E-state index >= 15 is 0 Å². The van der Waals surface area contributed by atoms with Crippen LogP contribution in [-0.2, 0) is 9.53 Å². The third kappa shape index (κ3) is 33.5. The molecule has 0 heterocycles. The van der Waals surface area contributed by atoms with Crippen LogP contribution in [0.5, 0.6) is 0 Å². The Hall–Kier alpha value is -1.09. The molecular formula is C29H60O3. The predicted molar refractivity (Wildman–Crippen MR) is 145 cm³/mol. The molecule has 32 heavy (non-hydrogen) atoms. The fourth-order valence-corrected chi connectivity index (χ4v) is 2.99. The van der Waals surface area contributed by atoms with Gasteiger partial charge in [-0.2, -0.15) is 0 Å². The van der Waals surface area contributed by atoms with Crippen LogP contribution in [-0.4, -0.2) is 23.3 Å². The molecule has 194 valence electrons. The van der Waals surface area contributed by atoms with Crippen LogP contribution in [0.15, 0.2) is 24.3 Å². The first kappa shape index (κ1) is 38.2.